The summed E-state index contributed by atoms with van der Waals surface area (Å²) in [5, 5.41) is 12.8. The summed E-state index contributed by atoms with van der Waals surface area (Å²) in [4.78, 5) is 57.4. The third-order valence-electron chi connectivity index (χ3n) is 12.6. The minimum absolute atomic E-state index is 0.0218. The van der Waals surface area contributed by atoms with Crippen LogP contribution in [0.5, 0.6) is 23.0 Å². The summed E-state index contributed by atoms with van der Waals surface area (Å²) in [6.07, 6.45) is 7.01. The van der Waals surface area contributed by atoms with Crippen molar-refractivity contribution in [1.82, 2.24) is 10.6 Å². The zero-order valence-corrected chi connectivity index (χ0v) is 43.8. The smallest absolute Gasteiger partial charge is 0.260 e. The van der Waals surface area contributed by atoms with E-state index >= 15 is 0 Å². The number of methoxy groups -OCH3 is 2. The van der Waals surface area contributed by atoms with E-state index in [4.69, 9.17) is 23.9 Å². The lowest BCUT2D eigenvalue weighted by molar-refractivity contribution is -0.120. The van der Waals surface area contributed by atoms with Crippen LogP contribution in [0.1, 0.15) is 92.4 Å². The predicted molar refractivity (Wildman–Crippen MR) is 292 cm³/mol. The van der Waals surface area contributed by atoms with Crippen molar-refractivity contribution in [3.05, 3.63) is 119 Å². The van der Waals surface area contributed by atoms with Crippen molar-refractivity contribution in [2.45, 2.75) is 108 Å². The summed E-state index contributed by atoms with van der Waals surface area (Å²) in [6.45, 7) is 9.10. The summed E-state index contributed by atoms with van der Waals surface area (Å²) in [7, 11) is 8.39. The summed E-state index contributed by atoms with van der Waals surface area (Å²) in [6, 6.07) is 28.8. The number of amides is 4. The molecular formula is C56H66N6O8S2. The predicted octanol–water partition coefficient (Wildman–Crippen LogP) is 10.7. The molecule has 0 bridgehead atoms. The number of nitrogens with one attached hydrogen (secondary N) is 4. The SMILES string of the molecule is CC.CNC(=O)CCC(C)SSC(C)CCCC(=O)Nc1cc(COc2cc3c(cc2OC)-c2ccccc2C[C@H](NC=O)C=N3)cc(COc2cc3c(cc2OC)C(=O)N2c4ccccc4CC2CN3)c1. The topological polar surface area (TPSA) is 169 Å². The van der Waals surface area contributed by atoms with Crippen molar-refractivity contribution < 1.29 is 38.1 Å². The van der Waals surface area contributed by atoms with E-state index in [2.05, 4.69) is 41.2 Å². The number of para-hydroxylation sites is 1. The van der Waals surface area contributed by atoms with Gasteiger partial charge in [-0.2, -0.15) is 0 Å². The Labute approximate surface area is 431 Å². The van der Waals surface area contributed by atoms with Gasteiger partial charge in [0.15, 0.2) is 23.0 Å². The number of benzene rings is 5. The Balaban J connectivity index is 0.00000376. The average molecular weight is 1020 g/mol. The molecule has 0 saturated carbocycles. The van der Waals surface area contributed by atoms with Gasteiger partial charge in [-0.15, -0.1) is 0 Å². The second kappa shape index (κ2) is 25.6. The van der Waals surface area contributed by atoms with Crippen molar-refractivity contribution in [1.29, 1.82) is 0 Å². The molecular weight excluding hydrogens is 949 g/mol. The van der Waals surface area contributed by atoms with Gasteiger partial charge in [0, 0.05) is 72.2 Å². The first kappa shape index (κ1) is 53.2. The lowest BCUT2D eigenvalue weighted by atomic mass is 9.93. The van der Waals surface area contributed by atoms with Crippen LogP contribution in [0.15, 0.2) is 96.0 Å². The van der Waals surface area contributed by atoms with Gasteiger partial charge in [0.25, 0.3) is 5.91 Å². The fourth-order valence-corrected chi connectivity index (χ4v) is 11.6. The van der Waals surface area contributed by atoms with Gasteiger partial charge in [-0.25, -0.2) is 0 Å². The van der Waals surface area contributed by atoms with Crippen LogP contribution in [0.2, 0.25) is 0 Å². The molecule has 0 saturated heterocycles. The van der Waals surface area contributed by atoms with E-state index in [1.807, 2.05) is 97.6 Å². The van der Waals surface area contributed by atoms with Crippen LogP contribution in [-0.4, -0.2) is 80.7 Å². The molecule has 0 aromatic heterocycles. The van der Waals surface area contributed by atoms with Gasteiger partial charge in [0.2, 0.25) is 18.2 Å². The molecule has 0 aliphatic carbocycles. The molecule has 3 unspecified atom stereocenters. The molecule has 0 radical (unpaired) electrons. The highest BCUT2D eigenvalue weighted by atomic mass is 33.1. The number of rotatable bonds is 21. The maximum absolute atomic E-state index is 14.1. The minimum Gasteiger partial charge on any atom is -0.493 e. The Morgan fingerprint density at radius 2 is 1.43 bits per heavy atom. The van der Waals surface area contributed by atoms with E-state index in [0.29, 0.717) is 94.8 Å². The van der Waals surface area contributed by atoms with Gasteiger partial charge in [-0.3, -0.25) is 24.2 Å². The maximum Gasteiger partial charge on any atom is 0.260 e. The van der Waals surface area contributed by atoms with Crippen molar-refractivity contribution >= 4 is 74.7 Å². The first-order chi connectivity index (χ1) is 35.0. The number of fused-ring (bicyclic) bond motifs is 7. The van der Waals surface area contributed by atoms with E-state index in [-0.39, 0.29) is 43.0 Å². The van der Waals surface area contributed by atoms with Crippen molar-refractivity contribution in [2.75, 3.05) is 43.3 Å². The number of aliphatic imine (C=N–C) groups is 1. The molecule has 380 valence electrons. The monoisotopic (exact) mass is 1010 g/mol. The lowest BCUT2D eigenvalue weighted by Crippen LogP contribution is -2.39. The lowest BCUT2D eigenvalue weighted by Gasteiger charge is -2.22. The van der Waals surface area contributed by atoms with Gasteiger partial charge < -0.3 is 45.1 Å². The van der Waals surface area contributed by atoms with Gasteiger partial charge >= 0.3 is 0 Å². The molecule has 4 atom stereocenters. The van der Waals surface area contributed by atoms with Gasteiger partial charge in [0.1, 0.15) is 13.2 Å². The second-order valence-electron chi connectivity index (χ2n) is 17.7. The van der Waals surface area contributed by atoms with Crippen LogP contribution >= 0.6 is 21.6 Å². The number of hydrogen-bond acceptors (Lipinski definition) is 12. The van der Waals surface area contributed by atoms with E-state index in [9.17, 15) is 19.2 Å². The number of anilines is 3. The molecule has 3 aliphatic rings. The molecule has 5 aromatic rings. The van der Waals surface area contributed by atoms with E-state index in [0.717, 1.165) is 58.3 Å². The van der Waals surface area contributed by atoms with E-state index in [1.165, 1.54) is 0 Å². The van der Waals surface area contributed by atoms with Crippen LogP contribution in [0.3, 0.4) is 0 Å². The highest BCUT2D eigenvalue weighted by Crippen LogP contribution is 2.44. The molecule has 5 aromatic carbocycles. The minimum atomic E-state index is -0.292. The van der Waals surface area contributed by atoms with Crippen LogP contribution < -0.4 is 45.1 Å². The highest BCUT2D eigenvalue weighted by Gasteiger charge is 2.38. The molecule has 8 rings (SSSR count). The number of hydrogen-bond donors (Lipinski definition) is 4. The summed E-state index contributed by atoms with van der Waals surface area (Å²) in [5.74, 6) is 1.72. The Kier molecular flexibility index (Phi) is 18.9. The first-order valence-corrected chi connectivity index (χ1v) is 26.9. The van der Waals surface area contributed by atoms with Crippen LogP contribution in [0.25, 0.3) is 11.1 Å². The van der Waals surface area contributed by atoms with E-state index in [1.54, 1.807) is 55.1 Å². The Hall–Kier alpha value is -6.65. The molecule has 3 aliphatic heterocycles. The largest absolute Gasteiger partial charge is 0.493 e. The van der Waals surface area contributed by atoms with Crippen LogP contribution in [-0.2, 0) is 40.4 Å². The third kappa shape index (κ3) is 13.2. The Morgan fingerprint density at radius 1 is 0.778 bits per heavy atom. The second-order valence-corrected chi connectivity index (χ2v) is 20.9. The number of carbonyl (C=O) groups excluding carboxylic acids is 4. The summed E-state index contributed by atoms with van der Waals surface area (Å²) in [5.41, 5.74) is 8.96. The fraction of sp³-hybridized carbons (Fsp3) is 0.375. The molecule has 0 fully saturated rings. The Morgan fingerprint density at radius 3 is 2.12 bits per heavy atom. The van der Waals surface area contributed by atoms with Crippen LogP contribution in [0.4, 0.5) is 22.7 Å². The zero-order valence-electron chi connectivity index (χ0n) is 42.2. The molecule has 0 spiro atoms. The fourth-order valence-electron chi connectivity index (χ4n) is 9.01. The molecule has 72 heavy (non-hydrogen) atoms. The third-order valence-corrected chi connectivity index (χ3v) is 16.2. The average Bonchev–Trinajstić information content (AvgIpc) is 3.71. The first-order valence-electron chi connectivity index (χ1n) is 24.7. The number of ether oxygens (including phenoxy) is 4. The van der Waals surface area contributed by atoms with Gasteiger partial charge in [-0.1, -0.05) is 91.7 Å². The standard InChI is InChI=1S/C54H60N6O8S2.C2H6/c1-33(69-70-34(2)17-18-52(62)55-3)11-10-16-53(63)59-39-20-35(30-67-50-26-45-43(24-48(50)65-4)42-14-8-6-12-37(42)22-40(28-56-45)58-32-61)19-36(21-39)31-68-51-27-46-44(25-49(51)66-5)54(64)60-41(29-57-46)23-38-13-7-9-15-47(38)60;1-2/h6-9,12-15,19-21,24-28,32-34,40-41,57H,10-11,16-18,22-23,29-31H2,1-5H3,(H,55,62)(H,58,61)(H,59,63);1-2H3/t33?,34?,40-,41?;/m0./s1. The molecule has 4 amide bonds. The molecule has 14 nitrogen and oxygen atoms in total. The zero-order chi connectivity index (χ0) is 51.1. The molecule has 16 heteroatoms. The van der Waals surface area contributed by atoms with Crippen LogP contribution in [0, 0.1) is 0 Å². The summed E-state index contributed by atoms with van der Waals surface area (Å²) < 4.78 is 24.7. The van der Waals surface area contributed by atoms with Gasteiger partial charge in [0.05, 0.1) is 43.2 Å². The van der Waals surface area contributed by atoms with Crippen molar-refractivity contribution in [3.63, 3.8) is 0 Å². The number of carbonyl (C=O) groups is 4. The Bertz CT molecular complexity index is 2750. The maximum atomic E-state index is 14.1. The van der Waals surface area contributed by atoms with Crippen molar-refractivity contribution in [3.8, 4) is 34.1 Å². The summed E-state index contributed by atoms with van der Waals surface area (Å²) >= 11 is 0. The van der Waals surface area contributed by atoms with Gasteiger partial charge in [-0.05, 0) is 96.3 Å². The number of nitrogens with zero attached hydrogens (tertiary/aromatic N) is 2. The highest BCUT2D eigenvalue weighted by molar-refractivity contribution is 8.77. The van der Waals surface area contributed by atoms with E-state index < -0.39 is 0 Å². The van der Waals surface area contributed by atoms with Crippen molar-refractivity contribution in [2.24, 2.45) is 4.99 Å². The quantitative estimate of drug-likeness (QED) is 0.0408. The normalized spacial score (nSPS) is 15.9. The molecule has 4 N–H and O–H groups in total. The molecule has 3 heterocycles.